The summed E-state index contributed by atoms with van der Waals surface area (Å²) in [6.07, 6.45) is 1.06. The number of benzene rings is 1. The van der Waals surface area contributed by atoms with E-state index in [1.54, 1.807) is 7.11 Å². The third kappa shape index (κ3) is 3.08. The number of methoxy groups -OCH3 is 1. The minimum atomic E-state index is -0.0722. The molecular weight excluding hydrogens is 290 g/mol. The largest absolute Gasteiger partial charge is 0.496 e. The van der Waals surface area contributed by atoms with E-state index < -0.39 is 0 Å². The summed E-state index contributed by atoms with van der Waals surface area (Å²) < 4.78 is 5.46. The van der Waals surface area contributed by atoms with Gasteiger partial charge in [0.15, 0.2) is 0 Å². The molecule has 0 saturated carbocycles. The van der Waals surface area contributed by atoms with Gasteiger partial charge in [-0.2, -0.15) is 0 Å². The second-order valence-electron chi connectivity index (χ2n) is 6.91. The van der Waals surface area contributed by atoms with E-state index >= 15 is 0 Å². The number of hydrogen-bond acceptors (Lipinski definition) is 4. The normalized spacial score (nSPS) is 28.3. The van der Waals surface area contributed by atoms with Crippen LogP contribution in [0.15, 0.2) is 24.3 Å². The zero-order chi connectivity index (χ0) is 16.6. The summed E-state index contributed by atoms with van der Waals surface area (Å²) >= 11 is 0. The number of fused-ring (bicyclic) bond motifs is 1. The average molecular weight is 317 g/mol. The third-order valence-corrected chi connectivity index (χ3v) is 5.32. The molecule has 1 amide bonds. The van der Waals surface area contributed by atoms with E-state index in [4.69, 9.17) is 4.74 Å². The summed E-state index contributed by atoms with van der Waals surface area (Å²) in [4.78, 5) is 19.4. The van der Waals surface area contributed by atoms with Crippen molar-refractivity contribution in [2.45, 2.75) is 38.0 Å². The number of nitrogens with zero attached hydrogens (tertiary/aromatic N) is 3. The molecule has 2 heterocycles. The number of carbonyl (C=O) groups is 1. The molecule has 126 valence electrons. The zero-order valence-electron chi connectivity index (χ0n) is 14.5. The van der Waals surface area contributed by atoms with Crippen LogP contribution in [-0.2, 0) is 11.3 Å². The molecule has 1 aromatic carbocycles. The number of para-hydroxylation sites is 1. The Morgan fingerprint density at radius 3 is 2.70 bits per heavy atom. The molecule has 2 aliphatic heterocycles. The van der Waals surface area contributed by atoms with E-state index in [-0.39, 0.29) is 11.9 Å². The van der Waals surface area contributed by atoms with Gasteiger partial charge in [-0.1, -0.05) is 18.2 Å². The maximum Gasteiger partial charge on any atom is 0.240 e. The molecule has 0 unspecified atom stereocenters. The standard InChI is InChI=1S/C18H27N3O2/c1-13-18(22)21-12-15(19(2)3)9-16(21)11-20(13)10-14-7-5-6-8-17(14)23-4/h5-8,13,15-16H,9-12H2,1-4H3/t13-,15-,16-/m0/s1. The highest BCUT2D eigenvalue weighted by Gasteiger charge is 2.44. The molecule has 23 heavy (non-hydrogen) atoms. The summed E-state index contributed by atoms with van der Waals surface area (Å²) in [5, 5.41) is 0. The first kappa shape index (κ1) is 16.3. The Labute approximate surface area is 138 Å². The summed E-state index contributed by atoms with van der Waals surface area (Å²) in [5.41, 5.74) is 1.14. The number of carbonyl (C=O) groups excluding carboxylic acids is 1. The zero-order valence-corrected chi connectivity index (χ0v) is 14.5. The number of likely N-dealkylation sites (N-methyl/N-ethyl adjacent to an activating group) is 1. The molecule has 5 heteroatoms. The van der Waals surface area contributed by atoms with Gasteiger partial charge >= 0.3 is 0 Å². The summed E-state index contributed by atoms with van der Waals surface area (Å²) in [6.45, 7) is 4.59. The van der Waals surface area contributed by atoms with Crippen LogP contribution in [0.25, 0.3) is 0 Å². The van der Waals surface area contributed by atoms with Gasteiger partial charge in [-0.05, 0) is 33.5 Å². The lowest BCUT2D eigenvalue weighted by molar-refractivity contribution is -0.143. The first-order chi connectivity index (χ1) is 11.0. The number of amides is 1. The minimum Gasteiger partial charge on any atom is -0.496 e. The molecule has 0 N–H and O–H groups in total. The molecule has 3 atom stereocenters. The maximum absolute atomic E-state index is 12.8. The SMILES string of the molecule is COc1ccccc1CN1C[C@@H]2C[C@H](N(C)C)CN2C(=O)[C@@H]1C. The Balaban J connectivity index is 1.76. The second-order valence-corrected chi connectivity index (χ2v) is 6.91. The minimum absolute atomic E-state index is 0.0722. The van der Waals surface area contributed by atoms with Crippen molar-refractivity contribution in [3.8, 4) is 5.75 Å². The quantitative estimate of drug-likeness (QED) is 0.842. The van der Waals surface area contributed by atoms with Gasteiger partial charge in [0, 0.05) is 37.3 Å². The lowest BCUT2D eigenvalue weighted by Gasteiger charge is -2.41. The summed E-state index contributed by atoms with van der Waals surface area (Å²) in [5.74, 6) is 1.16. The van der Waals surface area contributed by atoms with Crippen LogP contribution in [0.3, 0.4) is 0 Å². The first-order valence-electron chi connectivity index (χ1n) is 8.34. The predicted octanol–water partition coefficient (Wildman–Crippen LogP) is 1.43. The molecule has 3 rings (SSSR count). The fraction of sp³-hybridized carbons (Fsp3) is 0.611. The number of rotatable bonds is 4. The predicted molar refractivity (Wildman–Crippen MR) is 90.5 cm³/mol. The van der Waals surface area contributed by atoms with Gasteiger partial charge in [0.05, 0.1) is 13.2 Å². The molecule has 0 aromatic heterocycles. The van der Waals surface area contributed by atoms with Crippen LogP contribution in [0, 0.1) is 0 Å². The van der Waals surface area contributed by atoms with Crippen molar-refractivity contribution in [3.63, 3.8) is 0 Å². The van der Waals surface area contributed by atoms with Crippen molar-refractivity contribution in [2.24, 2.45) is 0 Å². The molecule has 2 fully saturated rings. The number of ether oxygens (including phenoxy) is 1. The van der Waals surface area contributed by atoms with Crippen LogP contribution >= 0.6 is 0 Å². The lowest BCUT2D eigenvalue weighted by atomic mass is 10.0. The van der Waals surface area contributed by atoms with Gasteiger partial charge < -0.3 is 14.5 Å². The number of hydrogen-bond donors (Lipinski definition) is 0. The molecule has 2 aliphatic rings. The first-order valence-corrected chi connectivity index (χ1v) is 8.34. The van der Waals surface area contributed by atoms with Crippen LogP contribution in [0.4, 0.5) is 0 Å². The van der Waals surface area contributed by atoms with Gasteiger partial charge in [-0.15, -0.1) is 0 Å². The van der Waals surface area contributed by atoms with E-state index in [2.05, 4.69) is 34.9 Å². The van der Waals surface area contributed by atoms with Crippen molar-refractivity contribution in [3.05, 3.63) is 29.8 Å². The highest BCUT2D eigenvalue weighted by molar-refractivity contribution is 5.83. The fourth-order valence-corrected chi connectivity index (χ4v) is 3.79. The molecule has 1 aromatic rings. The van der Waals surface area contributed by atoms with Crippen LogP contribution < -0.4 is 4.74 Å². The van der Waals surface area contributed by atoms with Crippen LogP contribution in [0.2, 0.25) is 0 Å². The van der Waals surface area contributed by atoms with Crippen LogP contribution in [0.5, 0.6) is 5.75 Å². The smallest absolute Gasteiger partial charge is 0.240 e. The van der Waals surface area contributed by atoms with E-state index in [0.29, 0.717) is 12.1 Å². The average Bonchev–Trinajstić information content (AvgIpc) is 2.97. The highest BCUT2D eigenvalue weighted by atomic mass is 16.5. The van der Waals surface area contributed by atoms with E-state index in [9.17, 15) is 4.79 Å². The Kier molecular flexibility index (Phi) is 4.60. The monoisotopic (exact) mass is 317 g/mol. The van der Waals surface area contributed by atoms with Gasteiger partial charge in [0.1, 0.15) is 5.75 Å². The highest BCUT2D eigenvalue weighted by Crippen LogP contribution is 2.30. The Morgan fingerprint density at radius 1 is 1.26 bits per heavy atom. The second kappa shape index (κ2) is 6.49. The summed E-state index contributed by atoms with van der Waals surface area (Å²) in [6, 6.07) is 8.81. The fourth-order valence-electron chi connectivity index (χ4n) is 3.79. The van der Waals surface area contributed by atoms with Crippen LogP contribution in [-0.4, -0.2) is 73.0 Å². The molecule has 0 bridgehead atoms. The van der Waals surface area contributed by atoms with E-state index in [0.717, 1.165) is 37.4 Å². The van der Waals surface area contributed by atoms with Crippen molar-refractivity contribution < 1.29 is 9.53 Å². The Hall–Kier alpha value is -1.59. The molecule has 2 saturated heterocycles. The molecule has 0 aliphatic carbocycles. The molecule has 5 nitrogen and oxygen atoms in total. The van der Waals surface area contributed by atoms with Gasteiger partial charge in [-0.25, -0.2) is 0 Å². The van der Waals surface area contributed by atoms with Crippen molar-refractivity contribution >= 4 is 5.91 Å². The van der Waals surface area contributed by atoms with Crippen molar-refractivity contribution in [1.82, 2.24) is 14.7 Å². The van der Waals surface area contributed by atoms with Crippen LogP contribution in [0.1, 0.15) is 18.9 Å². The van der Waals surface area contributed by atoms with Gasteiger partial charge in [0.2, 0.25) is 5.91 Å². The molecular formula is C18H27N3O2. The van der Waals surface area contributed by atoms with Gasteiger partial charge in [-0.3, -0.25) is 9.69 Å². The topological polar surface area (TPSA) is 36.0 Å². The van der Waals surface area contributed by atoms with Crippen molar-refractivity contribution in [2.75, 3.05) is 34.3 Å². The Bertz CT molecular complexity index is 575. The molecule has 0 spiro atoms. The van der Waals surface area contributed by atoms with Crippen molar-refractivity contribution in [1.29, 1.82) is 0 Å². The van der Waals surface area contributed by atoms with E-state index in [1.165, 1.54) is 0 Å². The maximum atomic E-state index is 12.8. The summed E-state index contributed by atoms with van der Waals surface area (Å²) in [7, 11) is 5.90. The molecule has 0 radical (unpaired) electrons. The Morgan fingerprint density at radius 2 is 2.00 bits per heavy atom. The number of piperazine rings is 1. The lowest BCUT2D eigenvalue weighted by Crippen LogP contribution is -2.58. The van der Waals surface area contributed by atoms with E-state index in [1.807, 2.05) is 25.1 Å². The third-order valence-electron chi connectivity index (χ3n) is 5.32. The van der Waals surface area contributed by atoms with Gasteiger partial charge in [0.25, 0.3) is 0 Å².